The molecular weight excluding hydrogens is 393 g/mol. The van der Waals surface area contributed by atoms with Crippen LogP contribution in [0.2, 0.25) is 0 Å². The van der Waals surface area contributed by atoms with Gasteiger partial charge in [-0.3, -0.25) is 14.4 Å². The smallest absolute Gasteiger partial charge is 0.414 e. The third-order valence-corrected chi connectivity index (χ3v) is 4.40. The van der Waals surface area contributed by atoms with Crippen molar-refractivity contribution >= 4 is 33.5 Å². The highest BCUT2D eigenvalue weighted by atomic mass is 32.2. The van der Waals surface area contributed by atoms with Crippen LogP contribution in [-0.4, -0.2) is 55.6 Å². The number of ether oxygens (including phenoxy) is 1. The predicted molar refractivity (Wildman–Crippen MR) is 98.3 cm³/mol. The van der Waals surface area contributed by atoms with Crippen LogP contribution >= 0.6 is 0 Å². The summed E-state index contributed by atoms with van der Waals surface area (Å²) in [5, 5.41) is 6.53. The summed E-state index contributed by atoms with van der Waals surface area (Å²) in [5.74, 6) is -0.853. The summed E-state index contributed by atoms with van der Waals surface area (Å²) in [6.07, 6.45) is 1.21. The lowest BCUT2D eigenvalue weighted by atomic mass is 10.2. The third-order valence-electron chi connectivity index (χ3n) is 3.82. The highest BCUT2D eigenvalue weighted by Crippen LogP contribution is 2.25. The Kier molecular flexibility index (Phi) is 5.23. The van der Waals surface area contributed by atoms with E-state index in [1.807, 2.05) is 0 Å². The molecule has 1 aromatic carbocycles. The largest absolute Gasteiger partial charge is 0.442 e. The quantitative estimate of drug-likeness (QED) is 0.726. The number of sulfonamides is 1. The van der Waals surface area contributed by atoms with E-state index < -0.39 is 28.0 Å². The fourth-order valence-corrected chi connectivity index (χ4v) is 3.14. The van der Waals surface area contributed by atoms with E-state index in [2.05, 4.69) is 15.1 Å². The Balaban J connectivity index is 1.76. The standard InChI is InChI=1S/C16H18FN5O5S/c1-10(23)18-8-12-9-21(16(24)27-12)11-3-4-14(13(17)7-11)22-6-5-15(19-22)20-28(2,25)26/h3-7,12H,8-9H2,1-2H3,(H,18,23)(H,19,20)/t12-/m0/s1. The maximum Gasteiger partial charge on any atom is 0.414 e. The van der Waals surface area contributed by atoms with Gasteiger partial charge >= 0.3 is 6.09 Å². The fourth-order valence-electron chi connectivity index (χ4n) is 2.65. The number of cyclic esters (lactones) is 1. The number of nitrogens with zero attached hydrogens (tertiary/aromatic N) is 3. The molecule has 0 aliphatic carbocycles. The Hall–Kier alpha value is -3.15. The van der Waals surface area contributed by atoms with Crippen LogP contribution in [-0.2, 0) is 19.6 Å². The number of nitrogens with one attached hydrogen (secondary N) is 2. The molecule has 1 fully saturated rings. The van der Waals surface area contributed by atoms with E-state index in [4.69, 9.17) is 4.74 Å². The van der Waals surface area contributed by atoms with Crippen molar-refractivity contribution in [1.29, 1.82) is 0 Å². The van der Waals surface area contributed by atoms with Crippen molar-refractivity contribution in [2.75, 3.05) is 29.0 Å². The number of hydrogen-bond acceptors (Lipinski definition) is 6. The van der Waals surface area contributed by atoms with Crippen LogP contribution in [0.3, 0.4) is 0 Å². The molecule has 1 aliphatic heterocycles. The van der Waals surface area contributed by atoms with E-state index in [-0.39, 0.29) is 30.5 Å². The van der Waals surface area contributed by atoms with Gasteiger partial charge in [-0.15, -0.1) is 5.10 Å². The second-order valence-electron chi connectivity index (χ2n) is 6.21. The Morgan fingerprint density at radius 1 is 1.39 bits per heavy atom. The van der Waals surface area contributed by atoms with Crippen LogP contribution in [0, 0.1) is 5.82 Å². The maximum atomic E-state index is 14.6. The summed E-state index contributed by atoms with van der Waals surface area (Å²) in [7, 11) is -3.50. The minimum Gasteiger partial charge on any atom is -0.442 e. The van der Waals surface area contributed by atoms with Gasteiger partial charge < -0.3 is 10.1 Å². The molecule has 0 saturated carbocycles. The summed E-state index contributed by atoms with van der Waals surface area (Å²) in [6, 6.07) is 5.48. The SMILES string of the molecule is CC(=O)NC[C@H]1CN(c2ccc(-n3ccc(NS(C)(=O)=O)n3)c(F)c2)C(=O)O1. The second-order valence-corrected chi connectivity index (χ2v) is 7.96. The van der Waals surface area contributed by atoms with E-state index in [9.17, 15) is 22.4 Å². The van der Waals surface area contributed by atoms with Crippen molar-refractivity contribution in [3.05, 3.63) is 36.3 Å². The normalized spacial score (nSPS) is 16.8. The van der Waals surface area contributed by atoms with Gasteiger partial charge in [0.2, 0.25) is 15.9 Å². The molecule has 12 heteroatoms. The molecule has 0 unspecified atom stereocenters. The Morgan fingerprint density at radius 2 is 2.14 bits per heavy atom. The first kappa shape index (κ1) is 19.6. The van der Waals surface area contributed by atoms with Crippen LogP contribution < -0.4 is 14.9 Å². The average Bonchev–Trinajstić information content (AvgIpc) is 3.18. The van der Waals surface area contributed by atoms with Crippen molar-refractivity contribution in [2.45, 2.75) is 13.0 Å². The van der Waals surface area contributed by atoms with Crippen LogP contribution in [0.4, 0.5) is 20.7 Å². The minimum absolute atomic E-state index is 0.0508. The molecule has 1 saturated heterocycles. The molecule has 1 aromatic heterocycles. The first-order valence-electron chi connectivity index (χ1n) is 8.18. The summed E-state index contributed by atoms with van der Waals surface area (Å²) in [5.41, 5.74) is 0.367. The summed E-state index contributed by atoms with van der Waals surface area (Å²) in [6.45, 7) is 1.69. The van der Waals surface area contributed by atoms with Crippen LogP contribution in [0.25, 0.3) is 5.69 Å². The van der Waals surface area contributed by atoms with E-state index in [0.29, 0.717) is 5.69 Å². The number of hydrogen-bond donors (Lipinski definition) is 2. The summed E-state index contributed by atoms with van der Waals surface area (Å²) >= 11 is 0. The summed E-state index contributed by atoms with van der Waals surface area (Å²) in [4.78, 5) is 24.2. The fraction of sp³-hybridized carbons (Fsp3) is 0.312. The molecule has 150 valence electrons. The van der Waals surface area contributed by atoms with Crippen molar-refractivity contribution in [1.82, 2.24) is 15.1 Å². The van der Waals surface area contributed by atoms with Crippen molar-refractivity contribution < 1.29 is 27.1 Å². The molecule has 10 nitrogen and oxygen atoms in total. The van der Waals surface area contributed by atoms with Crippen molar-refractivity contribution in [3.63, 3.8) is 0 Å². The minimum atomic E-state index is -3.50. The zero-order chi connectivity index (χ0) is 20.5. The number of aromatic nitrogens is 2. The molecule has 0 spiro atoms. The first-order chi connectivity index (χ1) is 13.1. The molecule has 2 aromatic rings. The van der Waals surface area contributed by atoms with Gasteiger partial charge in [-0.05, 0) is 18.2 Å². The van der Waals surface area contributed by atoms with Gasteiger partial charge in [-0.2, -0.15) is 0 Å². The van der Waals surface area contributed by atoms with Crippen molar-refractivity contribution in [3.8, 4) is 5.69 Å². The van der Waals surface area contributed by atoms with E-state index in [1.54, 1.807) is 0 Å². The lowest BCUT2D eigenvalue weighted by molar-refractivity contribution is -0.119. The lowest BCUT2D eigenvalue weighted by Gasteiger charge is -2.14. The van der Waals surface area contributed by atoms with Gasteiger partial charge in [-0.1, -0.05) is 0 Å². The molecule has 28 heavy (non-hydrogen) atoms. The van der Waals surface area contributed by atoms with Gasteiger partial charge in [0.25, 0.3) is 0 Å². The number of carbonyl (C=O) groups is 2. The molecule has 2 N–H and O–H groups in total. The van der Waals surface area contributed by atoms with Crippen molar-refractivity contribution in [2.24, 2.45) is 0 Å². The molecule has 2 amide bonds. The number of carbonyl (C=O) groups excluding carboxylic acids is 2. The monoisotopic (exact) mass is 411 g/mol. The van der Waals surface area contributed by atoms with E-state index >= 15 is 0 Å². The van der Waals surface area contributed by atoms with Crippen LogP contribution in [0.15, 0.2) is 30.5 Å². The van der Waals surface area contributed by atoms with E-state index in [1.165, 1.54) is 40.9 Å². The van der Waals surface area contributed by atoms with Gasteiger partial charge in [0, 0.05) is 19.2 Å². The van der Waals surface area contributed by atoms with Gasteiger partial charge in [0.05, 0.1) is 25.0 Å². The molecule has 3 rings (SSSR count). The van der Waals surface area contributed by atoms with E-state index in [0.717, 1.165) is 12.3 Å². The Labute approximate surface area is 160 Å². The Morgan fingerprint density at radius 3 is 2.79 bits per heavy atom. The first-order valence-corrected chi connectivity index (χ1v) is 10.1. The lowest BCUT2D eigenvalue weighted by Crippen LogP contribution is -2.33. The van der Waals surface area contributed by atoms with Crippen LogP contribution in [0.5, 0.6) is 0 Å². The highest BCUT2D eigenvalue weighted by Gasteiger charge is 2.32. The predicted octanol–water partition coefficient (Wildman–Crippen LogP) is 0.844. The van der Waals surface area contributed by atoms with Gasteiger partial charge in [0.1, 0.15) is 11.8 Å². The highest BCUT2D eigenvalue weighted by molar-refractivity contribution is 7.92. The third kappa shape index (κ3) is 4.57. The number of halogens is 1. The zero-order valence-electron chi connectivity index (χ0n) is 15.0. The molecule has 0 radical (unpaired) electrons. The molecule has 1 aliphatic rings. The molecule has 2 heterocycles. The molecule has 0 bridgehead atoms. The zero-order valence-corrected chi connectivity index (χ0v) is 15.9. The van der Waals surface area contributed by atoms with Gasteiger partial charge in [-0.25, -0.2) is 22.3 Å². The Bertz CT molecular complexity index is 1020. The number of rotatable bonds is 6. The molecule has 1 atom stereocenters. The number of anilines is 2. The van der Waals surface area contributed by atoms with Gasteiger partial charge in [0.15, 0.2) is 11.6 Å². The molecular formula is C16H18FN5O5S. The number of amides is 2. The topological polar surface area (TPSA) is 123 Å². The summed E-state index contributed by atoms with van der Waals surface area (Å²) < 4.78 is 45.6. The second kappa shape index (κ2) is 7.46. The maximum absolute atomic E-state index is 14.6. The van der Waals surface area contributed by atoms with Crippen LogP contribution in [0.1, 0.15) is 6.92 Å². The average molecular weight is 411 g/mol. The number of benzene rings is 1.